The van der Waals surface area contributed by atoms with Gasteiger partial charge in [0.15, 0.2) is 0 Å². The SMILES string of the molecule is O=c1n(CC2CCNCC2)nc2n1CCCC2. The molecule has 0 radical (unpaired) electrons. The number of nitrogens with one attached hydrogen (secondary N) is 1. The Bertz CT molecular complexity index is 442. The highest BCUT2D eigenvalue weighted by Gasteiger charge is 2.20. The Morgan fingerprint density at radius 3 is 2.88 bits per heavy atom. The third kappa shape index (κ3) is 2.16. The molecule has 17 heavy (non-hydrogen) atoms. The van der Waals surface area contributed by atoms with Gasteiger partial charge in [-0.25, -0.2) is 9.48 Å². The van der Waals surface area contributed by atoms with Crippen LogP contribution in [0.3, 0.4) is 0 Å². The molecule has 2 aliphatic rings. The lowest BCUT2D eigenvalue weighted by molar-refractivity contribution is 0.316. The van der Waals surface area contributed by atoms with Crippen molar-refractivity contribution in [3.05, 3.63) is 16.3 Å². The summed E-state index contributed by atoms with van der Waals surface area (Å²) in [5.74, 6) is 1.61. The maximum Gasteiger partial charge on any atom is 0.345 e. The molecule has 5 heteroatoms. The fourth-order valence-corrected chi connectivity index (χ4v) is 2.88. The average Bonchev–Trinajstić information content (AvgIpc) is 2.68. The highest BCUT2D eigenvalue weighted by Crippen LogP contribution is 2.14. The Morgan fingerprint density at radius 1 is 1.29 bits per heavy atom. The first-order valence-electron chi connectivity index (χ1n) is 6.72. The number of fused-ring (bicyclic) bond motifs is 1. The number of rotatable bonds is 2. The molecule has 2 aliphatic heterocycles. The van der Waals surface area contributed by atoms with E-state index in [1.165, 1.54) is 6.42 Å². The van der Waals surface area contributed by atoms with E-state index < -0.39 is 0 Å². The van der Waals surface area contributed by atoms with Crippen molar-refractivity contribution >= 4 is 0 Å². The maximum atomic E-state index is 12.1. The zero-order chi connectivity index (χ0) is 11.7. The number of hydrogen-bond acceptors (Lipinski definition) is 3. The van der Waals surface area contributed by atoms with Gasteiger partial charge in [-0.05, 0) is 44.7 Å². The van der Waals surface area contributed by atoms with Crippen LogP contribution in [0.2, 0.25) is 0 Å². The quantitative estimate of drug-likeness (QED) is 0.807. The minimum atomic E-state index is 0.109. The first-order valence-corrected chi connectivity index (χ1v) is 6.72. The number of piperidine rings is 1. The third-order valence-corrected chi connectivity index (χ3v) is 3.92. The van der Waals surface area contributed by atoms with Crippen LogP contribution in [-0.2, 0) is 19.5 Å². The normalized spacial score (nSPS) is 21.4. The zero-order valence-corrected chi connectivity index (χ0v) is 10.2. The highest BCUT2D eigenvalue weighted by molar-refractivity contribution is 4.91. The Hall–Kier alpha value is -1.10. The van der Waals surface area contributed by atoms with Gasteiger partial charge in [-0.3, -0.25) is 4.57 Å². The van der Waals surface area contributed by atoms with Crippen LogP contribution in [0.1, 0.15) is 31.5 Å². The van der Waals surface area contributed by atoms with E-state index in [9.17, 15) is 4.79 Å². The molecule has 5 nitrogen and oxygen atoms in total. The topological polar surface area (TPSA) is 51.9 Å². The molecule has 0 amide bonds. The number of nitrogens with zero attached hydrogens (tertiary/aromatic N) is 3. The van der Waals surface area contributed by atoms with Gasteiger partial charge in [-0.1, -0.05) is 0 Å². The second-order valence-electron chi connectivity index (χ2n) is 5.18. The summed E-state index contributed by atoms with van der Waals surface area (Å²) in [5, 5.41) is 7.84. The molecule has 0 bridgehead atoms. The second kappa shape index (κ2) is 4.64. The van der Waals surface area contributed by atoms with E-state index in [0.717, 1.165) is 57.7 Å². The van der Waals surface area contributed by atoms with Gasteiger partial charge < -0.3 is 5.32 Å². The van der Waals surface area contributed by atoms with E-state index in [-0.39, 0.29) is 5.69 Å². The second-order valence-corrected chi connectivity index (χ2v) is 5.18. The smallest absolute Gasteiger partial charge is 0.317 e. The molecule has 1 saturated heterocycles. The lowest BCUT2D eigenvalue weighted by Gasteiger charge is -2.21. The Balaban J connectivity index is 1.78. The number of aromatic nitrogens is 3. The summed E-state index contributed by atoms with van der Waals surface area (Å²) in [7, 11) is 0. The summed E-state index contributed by atoms with van der Waals surface area (Å²) in [6, 6.07) is 0. The summed E-state index contributed by atoms with van der Waals surface area (Å²) in [5.41, 5.74) is 0.109. The summed E-state index contributed by atoms with van der Waals surface area (Å²) >= 11 is 0. The van der Waals surface area contributed by atoms with Crippen molar-refractivity contribution in [2.24, 2.45) is 5.92 Å². The molecule has 0 atom stereocenters. The van der Waals surface area contributed by atoms with Gasteiger partial charge >= 0.3 is 5.69 Å². The van der Waals surface area contributed by atoms with Gasteiger partial charge in [-0.15, -0.1) is 0 Å². The van der Waals surface area contributed by atoms with Crippen LogP contribution in [0.5, 0.6) is 0 Å². The molecular formula is C12H20N4O. The fraction of sp³-hybridized carbons (Fsp3) is 0.833. The van der Waals surface area contributed by atoms with E-state index >= 15 is 0 Å². The van der Waals surface area contributed by atoms with Gasteiger partial charge in [0, 0.05) is 19.5 Å². The van der Waals surface area contributed by atoms with Crippen LogP contribution in [-0.4, -0.2) is 27.4 Å². The number of hydrogen-bond donors (Lipinski definition) is 1. The van der Waals surface area contributed by atoms with Crippen LogP contribution < -0.4 is 11.0 Å². The minimum absolute atomic E-state index is 0.109. The van der Waals surface area contributed by atoms with Crippen molar-refractivity contribution in [2.75, 3.05) is 13.1 Å². The van der Waals surface area contributed by atoms with Gasteiger partial charge in [0.1, 0.15) is 5.82 Å². The van der Waals surface area contributed by atoms with Crippen molar-refractivity contribution in [3.8, 4) is 0 Å². The highest BCUT2D eigenvalue weighted by atomic mass is 16.2. The summed E-state index contributed by atoms with van der Waals surface area (Å²) in [6.45, 7) is 3.82. The van der Waals surface area contributed by atoms with E-state index in [1.54, 1.807) is 4.68 Å². The van der Waals surface area contributed by atoms with Gasteiger partial charge in [-0.2, -0.15) is 5.10 Å². The minimum Gasteiger partial charge on any atom is -0.317 e. The predicted molar refractivity (Wildman–Crippen MR) is 65.0 cm³/mol. The summed E-state index contributed by atoms with van der Waals surface area (Å²) < 4.78 is 3.57. The fourth-order valence-electron chi connectivity index (χ4n) is 2.88. The largest absolute Gasteiger partial charge is 0.345 e. The molecule has 1 aromatic heterocycles. The Labute approximate surface area is 101 Å². The van der Waals surface area contributed by atoms with Gasteiger partial charge in [0.05, 0.1) is 0 Å². The van der Waals surface area contributed by atoms with Crippen molar-refractivity contribution in [2.45, 2.75) is 45.2 Å². The molecule has 0 spiro atoms. The molecule has 0 aliphatic carbocycles. The number of aryl methyl sites for hydroxylation is 1. The molecule has 1 N–H and O–H groups in total. The van der Waals surface area contributed by atoms with Crippen molar-refractivity contribution in [1.29, 1.82) is 0 Å². The summed E-state index contributed by atoms with van der Waals surface area (Å²) in [6.07, 6.45) is 5.58. The maximum absolute atomic E-state index is 12.1. The van der Waals surface area contributed by atoms with E-state index in [0.29, 0.717) is 5.92 Å². The van der Waals surface area contributed by atoms with Crippen LogP contribution in [0.4, 0.5) is 0 Å². The molecule has 1 aromatic rings. The van der Waals surface area contributed by atoms with Crippen molar-refractivity contribution in [3.63, 3.8) is 0 Å². The van der Waals surface area contributed by atoms with Gasteiger partial charge in [0.25, 0.3) is 0 Å². The van der Waals surface area contributed by atoms with Crippen LogP contribution in [0, 0.1) is 5.92 Å². The van der Waals surface area contributed by atoms with E-state index in [2.05, 4.69) is 10.4 Å². The monoisotopic (exact) mass is 236 g/mol. The summed E-state index contributed by atoms with van der Waals surface area (Å²) in [4.78, 5) is 12.1. The van der Waals surface area contributed by atoms with E-state index in [4.69, 9.17) is 0 Å². The molecular weight excluding hydrogens is 216 g/mol. The first kappa shape index (κ1) is 11.0. The van der Waals surface area contributed by atoms with E-state index in [1.807, 2.05) is 4.57 Å². The third-order valence-electron chi connectivity index (χ3n) is 3.92. The lowest BCUT2D eigenvalue weighted by atomic mass is 9.98. The van der Waals surface area contributed by atoms with Crippen molar-refractivity contribution in [1.82, 2.24) is 19.7 Å². The molecule has 94 valence electrons. The Morgan fingerprint density at radius 2 is 2.12 bits per heavy atom. The average molecular weight is 236 g/mol. The first-order chi connectivity index (χ1) is 8.34. The van der Waals surface area contributed by atoms with Crippen molar-refractivity contribution < 1.29 is 0 Å². The van der Waals surface area contributed by atoms with Gasteiger partial charge in [0.2, 0.25) is 0 Å². The zero-order valence-electron chi connectivity index (χ0n) is 10.2. The molecule has 0 aromatic carbocycles. The van der Waals surface area contributed by atoms with Crippen LogP contribution in [0.15, 0.2) is 4.79 Å². The molecule has 1 fully saturated rings. The lowest BCUT2D eigenvalue weighted by Crippen LogP contribution is -2.33. The van der Waals surface area contributed by atoms with Crippen LogP contribution in [0.25, 0.3) is 0 Å². The standard InChI is InChI=1S/C12H20N4O/c17-12-15-8-2-1-3-11(15)14-16(12)9-10-4-6-13-7-5-10/h10,13H,1-9H2. The molecule has 3 heterocycles. The Kier molecular flexibility index (Phi) is 3.01. The van der Waals surface area contributed by atoms with Crippen LogP contribution >= 0.6 is 0 Å². The molecule has 0 unspecified atom stereocenters. The predicted octanol–water partition coefficient (Wildman–Crippen LogP) is 0.381. The molecule has 3 rings (SSSR count). The molecule has 0 saturated carbocycles.